The number of hydrogen-bond donors (Lipinski definition) is 1. The first-order valence-electron chi connectivity index (χ1n) is 5.14. The van der Waals surface area contributed by atoms with E-state index in [1.165, 1.54) is 19.1 Å². The smallest absolute Gasteiger partial charge is 0.253 e. The van der Waals surface area contributed by atoms with Gasteiger partial charge in [-0.3, -0.25) is 0 Å². The standard InChI is InChI=1S/C12H7F5N2/c1-5-3-2-4-6(13)9(5)18-10-7(14)11(16)19-12(17)8(10)15/h2-4H,1H3,(H,18,19). The fraction of sp³-hybridized carbons (Fsp3) is 0.0833. The SMILES string of the molecule is Cc1cccc(F)c1Nc1c(F)c(F)nc(F)c1F. The van der Waals surface area contributed by atoms with Crippen molar-refractivity contribution < 1.29 is 22.0 Å². The van der Waals surface area contributed by atoms with Crippen LogP contribution in [0.3, 0.4) is 0 Å². The van der Waals surface area contributed by atoms with E-state index in [2.05, 4.69) is 4.98 Å². The van der Waals surface area contributed by atoms with Crippen LogP contribution in [0.5, 0.6) is 0 Å². The van der Waals surface area contributed by atoms with Gasteiger partial charge in [0, 0.05) is 0 Å². The summed E-state index contributed by atoms with van der Waals surface area (Å²) < 4.78 is 66.0. The summed E-state index contributed by atoms with van der Waals surface area (Å²) in [6.07, 6.45) is 0. The molecule has 2 rings (SSSR count). The third kappa shape index (κ3) is 2.35. The molecule has 0 saturated heterocycles. The summed E-state index contributed by atoms with van der Waals surface area (Å²) in [4.78, 5) is 2.40. The summed E-state index contributed by atoms with van der Waals surface area (Å²) in [6, 6.07) is 3.89. The first-order chi connectivity index (χ1) is 8.91. The Kier molecular flexibility index (Phi) is 3.37. The van der Waals surface area contributed by atoms with E-state index in [0.717, 1.165) is 6.07 Å². The van der Waals surface area contributed by atoms with E-state index >= 15 is 0 Å². The molecule has 19 heavy (non-hydrogen) atoms. The van der Waals surface area contributed by atoms with E-state index in [9.17, 15) is 22.0 Å². The first kappa shape index (κ1) is 13.3. The van der Waals surface area contributed by atoms with Crippen molar-refractivity contribution in [1.82, 2.24) is 4.98 Å². The zero-order valence-corrected chi connectivity index (χ0v) is 9.57. The van der Waals surface area contributed by atoms with Gasteiger partial charge in [0.15, 0.2) is 0 Å². The lowest BCUT2D eigenvalue weighted by atomic mass is 10.2. The zero-order chi connectivity index (χ0) is 14.2. The number of halogens is 5. The molecule has 0 atom stereocenters. The molecular formula is C12H7F5N2. The Balaban J connectivity index is 2.56. The highest BCUT2D eigenvalue weighted by atomic mass is 19.2. The summed E-state index contributed by atoms with van der Waals surface area (Å²) >= 11 is 0. The Bertz CT molecular complexity index is 596. The third-order valence-corrected chi connectivity index (χ3v) is 2.47. The number of nitrogens with one attached hydrogen (secondary N) is 1. The molecule has 2 aromatic rings. The van der Waals surface area contributed by atoms with Gasteiger partial charge in [0.2, 0.25) is 11.6 Å². The Morgan fingerprint density at radius 2 is 1.47 bits per heavy atom. The van der Waals surface area contributed by atoms with Crippen molar-refractivity contribution >= 4 is 11.4 Å². The number of hydrogen-bond acceptors (Lipinski definition) is 2. The van der Waals surface area contributed by atoms with Crippen LogP contribution < -0.4 is 5.32 Å². The maximum Gasteiger partial charge on any atom is 0.253 e. The van der Waals surface area contributed by atoms with Gasteiger partial charge in [-0.15, -0.1) is 0 Å². The van der Waals surface area contributed by atoms with Crippen LogP contribution in [0.1, 0.15) is 5.56 Å². The van der Waals surface area contributed by atoms with Gasteiger partial charge in [0.25, 0.3) is 11.9 Å². The predicted molar refractivity (Wildman–Crippen MR) is 58.5 cm³/mol. The second-order valence-electron chi connectivity index (χ2n) is 3.75. The Morgan fingerprint density at radius 1 is 0.895 bits per heavy atom. The Morgan fingerprint density at radius 3 is 2.00 bits per heavy atom. The average Bonchev–Trinajstić information content (AvgIpc) is 2.35. The van der Waals surface area contributed by atoms with Crippen LogP contribution in [0.15, 0.2) is 18.2 Å². The second-order valence-corrected chi connectivity index (χ2v) is 3.75. The van der Waals surface area contributed by atoms with Crippen LogP contribution in [-0.2, 0) is 0 Å². The topological polar surface area (TPSA) is 24.9 Å². The summed E-state index contributed by atoms with van der Waals surface area (Å²) in [5, 5.41) is 2.01. The van der Waals surface area contributed by atoms with Gasteiger partial charge < -0.3 is 5.32 Å². The maximum absolute atomic E-state index is 13.5. The number of aryl methyl sites for hydroxylation is 1. The quantitative estimate of drug-likeness (QED) is 0.665. The minimum Gasteiger partial charge on any atom is -0.348 e. The molecular weight excluding hydrogens is 267 g/mol. The van der Waals surface area contributed by atoms with Gasteiger partial charge in [-0.2, -0.15) is 22.5 Å². The van der Waals surface area contributed by atoms with Crippen LogP contribution in [-0.4, -0.2) is 4.98 Å². The molecule has 0 radical (unpaired) electrons. The van der Waals surface area contributed by atoms with Crippen molar-refractivity contribution in [2.75, 3.05) is 5.32 Å². The number of pyridine rings is 1. The summed E-state index contributed by atoms with van der Waals surface area (Å²) in [7, 11) is 0. The van der Waals surface area contributed by atoms with Gasteiger partial charge in [-0.25, -0.2) is 4.39 Å². The summed E-state index contributed by atoms with van der Waals surface area (Å²) in [5.74, 6) is -7.87. The van der Waals surface area contributed by atoms with E-state index in [-0.39, 0.29) is 5.69 Å². The molecule has 0 bridgehead atoms. The molecule has 0 fully saturated rings. The van der Waals surface area contributed by atoms with Crippen molar-refractivity contribution in [2.24, 2.45) is 0 Å². The average molecular weight is 274 g/mol. The van der Waals surface area contributed by atoms with E-state index in [0.29, 0.717) is 5.56 Å². The molecule has 1 aromatic heterocycles. The number of anilines is 2. The number of benzene rings is 1. The van der Waals surface area contributed by atoms with Crippen LogP contribution in [0.4, 0.5) is 33.3 Å². The monoisotopic (exact) mass is 274 g/mol. The molecule has 0 aliphatic rings. The number of nitrogens with zero attached hydrogens (tertiary/aromatic N) is 1. The number of para-hydroxylation sites is 1. The minimum atomic E-state index is -1.81. The Labute approximate surface area is 104 Å². The zero-order valence-electron chi connectivity index (χ0n) is 9.57. The second kappa shape index (κ2) is 4.83. The largest absolute Gasteiger partial charge is 0.348 e. The van der Waals surface area contributed by atoms with Crippen molar-refractivity contribution in [3.63, 3.8) is 0 Å². The number of rotatable bonds is 2. The van der Waals surface area contributed by atoms with Gasteiger partial charge in [-0.05, 0) is 18.6 Å². The molecule has 1 N–H and O–H groups in total. The molecule has 7 heteroatoms. The lowest BCUT2D eigenvalue weighted by molar-refractivity contribution is 0.411. The van der Waals surface area contributed by atoms with Gasteiger partial charge in [0.1, 0.15) is 11.5 Å². The van der Waals surface area contributed by atoms with Gasteiger partial charge in [-0.1, -0.05) is 12.1 Å². The highest BCUT2D eigenvalue weighted by Crippen LogP contribution is 2.28. The molecule has 1 heterocycles. The van der Waals surface area contributed by atoms with Gasteiger partial charge in [0.05, 0.1) is 5.69 Å². The van der Waals surface area contributed by atoms with Crippen molar-refractivity contribution in [1.29, 1.82) is 0 Å². The molecule has 0 amide bonds. The Hall–Kier alpha value is -2.18. The summed E-state index contributed by atoms with van der Waals surface area (Å²) in [6.45, 7) is 1.47. The normalized spacial score (nSPS) is 10.6. The molecule has 1 aromatic carbocycles. The van der Waals surface area contributed by atoms with E-state index < -0.39 is 35.0 Å². The van der Waals surface area contributed by atoms with Crippen LogP contribution >= 0.6 is 0 Å². The molecule has 0 aliphatic carbocycles. The van der Waals surface area contributed by atoms with E-state index in [4.69, 9.17) is 0 Å². The molecule has 0 spiro atoms. The molecule has 0 aliphatic heterocycles. The van der Waals surface area contributed by atoms with Crippen molar-refractivity contribution in [2.45, 2.75) is 6.92 Å². The first-order valence-corrected chi connectivity index (χ1v) is 5.14. The number of aromatic nitrogens is 1. The third-order valence-electron chi connectivity index (χ3n) is 2.47. The van der Waals surface area contributed by atoms with Crippen molar-refractivity contribution in [3.8, 4) is 0 Å². The lowest BCUT2D eigenvalue weighted by Gasteiger charge is -2.12. The maximum atomic E-state index is 13.5. The van der Waals surface area contributed by atoms with E-state index in [1.54, 1.807) is 0 Å². The minimum absolute atomic E-state index is 0.273. The van der Waals surface area contributed by atoms with Crippen LogP contribution in [0, 0.1) is 36.3 Å². The van der Waals surface area contributed by atoms with Crippen molar-refractivity contribution in [3.05, 3.63) is 53.1 Å². The highest BCUT2D eigenvalue weighted by Gasteiger charge is 2.22. The fourth-order valence-electron chi connectivity index (χ4n) is 1.51. The summed E-state index contributed by atoms with van der Waals surface area (Å²) in [5.41, 5.74) is -1.08. The van der Waals surface area contributed by atoms with Crippen LogP contribution in [0.25, 0.3) is 0 Å². The molecule has 2 nitrogen and oxygen atoms in total. The van der Waals surface area contributed by atoms with E-state index in [1.807, 2.05) is 5.32 Å². The molecule has 0 unspecified atom stereocenters. The predicted octanol–water partition coefficient (Wildman–Crippen LogP) is 3.83. The molecule has 100 valence electrons. The van der Waals surface area contributed by atoms with Crippen LogP contribution in [0.2, 0.25) is 0 Å². The molecule has 0 saturated carbocycles. The lowest BCUT2D eigenvalue weighted by Crippen LogP contribution is -2.07. The highest BCUT2D eigenvalue weighted by molar-refractivity contribution is 5.64. The fourth-order valence-corrected chi connectivity index (χ4v) is 1.51. The van der Waals surface area contributed by atoms with Gasteiger partial charge >= 0.3 is 0 Å².